The van der Waals surface area contributed by atoms with Gasteiger partial charge in [0, 0.05) is 38.6 Å². The Balaban J connectivity index is 1.43. The first-order valence-electron chi connectivity index (χ1n) is 9.44. The number of carbonyl (C=O) groups is 2. The monoisotopic (exact) mass is 365 g/mol. The molecule has 0 saturated carbocycles. The van der Waals surface area contributed by atoms with Gasteiger partial charge in [-0.15, -0.1) is 0 Å². The van der Waals surface area contributed by atoms with Crippen molar-refractivity contribution < 1.29 is 14.7 Å². The predicted molar refractivity (Wildman–Crippen MR) is 101 cm³/mol. The molecular weight excluding hydrogens is 342 g/mol. The van der Waals surface area contributed by atoms with Crippen LogP contribution in [0.2, 0.25) is 0 Å². The smallest absolute Gasteiger partial charge is 0.255 e. The van der Waals surface area contributed by atoms with E-state index >= 15 is 0 Å². The number of amides is 2. The number of hydrogen-bond acceptors (Lipinski definition) is 4. The average molecular weight is 365 g/mol. The molecule has 4 rings (SSSR count). The summed E-state index contributed by atoms with van der Waals surface area (Å²) in [5.74, 6) is 0.163. The number of rotatable bonds is 2. The summed E-state index contributed by atoms with van der Waals surface area (Å²) < 4.78 is 0. The van der Waals surface area contributed by atoms with E-state index in [1.54, 1.807) is 35.5 Å². The Morgan fingerprint density at radius 3 is 2.56 bits per heavy atom. The van der Waals surface area contributed by atoms with Gasteiger partial charge in [-0.2, -0.15) is 0 Å². The van der Waals surface area contributed by atoms with Crippen molar-refractivity contribution in [1.82, 2.24) is 14.8 Å². The van der Waals surface area contributed by atoms with Crippen LogP contribution in [0.15, 0.2) is 42.7 Å². The number of phenols is 1. The Morgan fingerprint density at radius 2 is 1.81 bits per heavy atom. The van der Waals surface area contributed by atoms with Gasteiger partial charge in [0.05, 0.1) is 11.5 Å². The molecule has 2 aliphatic rings. The SMILES string of the molecule is O=C(c1cccnc1)N1CCN(C(=O)[C@H]2CCCc3c(O)cccc32)CC1. The minimum atomic E-state index is -0.193. The molecule has 0 bridgehead atoms. The molecule has 1 N–H and O–H groups in total. The molecule has 0 radical (unpaired) electrons. The summed E-state index contributed by atoms with van der Waals surface area (Å²) in [5, 5.41) is 10.1. The molecule has 2 amide bonds. The van der Waals surface area contributed by atoms with Crippen LogP contribution in [0, 0.1) is 0 Å². The zero-order chi connectivity index (χ0) is 18.8. The molecule has 6 nitrogen and oxygen atoms in total. The number of nitrogens with zero attached hydrogens (tertiary/aromatic N) is 3. The highest BCUT2D eigenvalue weighted by Crippen LogP contribution is 2.37. The van der Waals surface area contributed by atoms with Crippen LogP contribution >= 0.6 is 0 Å². The Kier molecular flexibility index (Phi) is 4.79. The van der Waals surface area contributed by atoms with Crippen LogP contribution in [0.4, 0.5) is 0 Å². The summed E-state index contributed by atoms with van der Waals surface area (Å²) in [6.07, 6.45) is 5.75. The standard InChI is InChI=1S/C21H23N3O3/c25-19-8-2-5-16-17(19)6-1-7-18(16)21(27)24-12-10-23(11-13-24)20(26)15-4-3-9-22-14-15/h2-5,8-9,14,18,25H,1,6-7,10-13H2/t18-/m0/s1. The Morgan fingerprint density at radius 1 is 1.04 bits per heavy atom. The lowest BCUT2D eigenvalue weighted by atomic mass is 9.81. The highest BCUT2D eigenvalue weighted by molar-refractivity contribution is 5.94. The van der Waals surface area contributed by atoms with Gasteiger partial charge in [0.25, 0.3) is 5.91 Å². The topological polar surface area (TPSA) is 73.7 Å². The number of benzene rings is 1. The Labute approximate surface area is 158 Å². The van der Waals surface area contributed by atoms with Gasteiger partial charge in [-0.1, -0.05) is 12.1 Å². The van der Waals surface area contributed by atoms with Crippen LogP contribution in [-0.4, -0.2) is 57.9 Å². The van der Waals surface area contributed by atoms with Gasteiger partial charge >= 0.3 is 0 Å². The van der Waals surface area contributed by atoms with Gasteiger partial charge in [0.15, 0.2) is 0 Å². The van der Waals surface area contributed by atoms with E-state index in [-0.39, 0.29) is 23.5 Å². The van der Waals surface area contributed by atoms with Crippen molar-refractivity contribution in [2.75, 3.05) is 26.2 Å². The van der Waals surface area contributed by atoms with Crippen molar-refractivity contribution >= 4 is 11.8 Å². The molecule has 2 heterocycles. The summed E-state index contributed by atoms with van der Waals surface area (Å²) >= 11 is 0. The summed E-state index contributed by atoms with van der Waals surface area (Å²) in [4.78, 5) is 33.3. The van der Waals surface area contributed by atoms with Crippen molar-refractivity contribution in [3.05, 3.63) is 59.4 Å². The second kappa shape index (κ2) is 7.39. The van der Waals surface area contributed by atoms with Gasteiger partial charge in [0.1, 0.15) is 5.75 Å². The number of piperazine rings is 1. The number of phenolic OH excluding ortho intramolecular Hbond substituents is 1. The van der Waals surface area contributed by atoms with Gasteiger partial charge in [-0.05, 0) is 48.6 Å². The maximum atomic E-state index is 13.1. The molecule has 1 aromatic carbocycles. The molecule has 6 heteroatoms. The van der Waals surface area contributed by atoms with E-state index in [1.807, 2.05) is 17.0 Å². The molecule has 1 atom stereocenters. The van der Waals surface area contributed by atoms with Crippen LogP contribution in [0.1, 0.15) is 40.2 Å². The van der Waals surface area contributed by atoms with Gasteiger partial charge in [-0.3, -0.25) is 14.6 Å². The third kappa shape index (κ3) is 3.39. The zero-order valence-corrected chi connectivity index (χ0v) is 15.2. The van der Waals surface area contributed by atoms with Crippen molar-refractivity contribution in [1.29, 1.82) is 0 Å². The first-order chi connectivity index (χ1) is 13.1. The van der Waals surface area contributed by atoms with E-state index < -0.39 is 0 Å². The maximum Gasteiger partial charge on any atom is 0.255 e. The van der Waals surface area contributed by atoms with Crippen molar-refractivity contribution in [2.45, 2.75) is 25.2 Å². The fraction of sp³-hybridized carbons (Fsp3) is 0.381. The third-order valence-corrected chi connectivity index (χ3v) is 5.57. The summed E-state index contributed by atoms with van der Waals surface area (Å²) in [6.45, 7) is 2.13. The molecule has 140 valence electrons. The fourth-order valence-corrected chi connectivity index (χ4v) is 4.11. The summed E-state index contributed by atoms with van der Waals surface area (Å²) in [7, 11) is 0. The highest BCUT2D eigenvalue weighted by Gasteiger charge is 2.33. The number of aromatic nitrogens is 1. The normalized spacial score (nSPS) is 19.5. The lowest BCUT2D eigenvalue weighted by molar-refractivity contribution is -0.134. The minimum absolute atomic E-state index is 0.0388. The van der Waals surface area contributed by atoms with E-state index in [0.29, 0.717) is 31.7 Å². The lowest BCUT2D eigenvalue weighted by Gasteiger charge is -2.37. The van der Waals surface area contributed by atoms with E-state index in [2.05, 4.69) is 4.98 Å². The average Bonchev–Trinajstić information content (AvgIpc) is 2.73. The van der Waals surface area contributed by atoms with Crippen LogP contribution in [0.25, 0.3) is 0 Å². The van der Waals surface area contributed by atoms with Crippen LogP contribution < -0.4 is 0 Å². The number of pyridine rings is 1. The molecule has 1 aliphatic carbocycles. The van der Waals surface area contributed by atoms with Gasteiger partial charge < -0.3 is 14.9 Å². The quantitative estimate of drug-likeness (QED) is 0.885. The van der Waals surface area contributed by atoms with Crippen molar-refractivity contribution in [2.24, 2.45) is 0 Å². The molecular formula is C21H23N3O3. The van der Waals surface area contributed by atoms with Crippen molar-refractivity contribution in [3.8, 4) is 5.75 Å². The third-order valence-electron chi connectivity index (χ3n) is 5.57. The van der Waals surface area contributed by atoms with E-state index in [0.717, 1.165) is 30.4 Å². The molecule has 0 unspecified atom stereocenters. The van der Waals surface area contributed by atoms with Crippen LogP contribution in [0.3, 0.4) is 0 Å². The largest absolute Gasteiger partial charge is 0.508 e. The first-order valence-corrected chi connectivity index (χ1v) is 9.44. The summed E-state index contributed by atoms with van der Waals surface area (Å²) in [5.41, 5.74) is 2.45. The van der Waals surface area contributed by atoms with Crippen molar-refractivity contribution in [3.63, 3.8) is 0 Å². The number of fused-ring (bicyclic) bond motifs is 1. The van der Waals surface area contributed by atoms with Gasteiger partial charge in [-0.25, -0.2) is 0 Å². The number of aromatic hydroxyl groups is 1. The molecule has 0 spiro atoms. The Hall–Kier alpha value is -2.89. The first kappa shape index (κ1) is 17.5. The number of hydrogen-bond donors (Lipinski definition) is 1. The van der Waals surface area contributed by atoms with Crippen LogP contribution in [0.5, 0.6) is 5.75 Å². The van der Waals surface area contributed by atoms with Gasteiger partial charge in [0.2, 0.25) is 5.91 Å². The molecule has 1 saturated heterocycles. The molecule has 2 aromatic rings. The molecule has 1 aliphatic heterocycles. The second-order valence-corrected chi connectivity index (χ2v) is 7.15. The Bertz CT molecular complexity index is 845. The maximum absolute atomic E-state index is 13.1. The highest BCUT2D eigenvalue weighted by atomic mass is 16.3. The molecule has 1 aromatic heterocycles. The minimum Gasteiger partial charge on any atom is -0.508 e. The molecule has 27 heavy (non-hydrogen) atoms. The second-order valence-electron chi connectivity index (χ2n) is 7.15. The summed E-state index contributed by atoms with van der Waals surface area (Å²) in [6, 6.07) is 8.97. The lowest BCUT2D eigenvalue weighted by Crippen LogP contribution is -2.51. The van der Waals surface area contributed by atoms with E-state index in [9.17, 15) is 14.7 Å². The van der Waals surface area contributed by atoms with Crippen LogP contribution in [-0.2, 0) is 11.2 Å². The predicted octanol–water partition coefficient (Wildman–Crippen LogP) is 2.19. The number of carbonyl (C=O) groups excluding carboxylic acids is 2. The fourth-order valence-electron chi connectivity index (χ4n) is 4.11. The molecule has 1 fully saturated rings. The zero-order valence-electron chi connectivity index (χ0n) is 15.2. The van der Waals surface area contributed by atoms with E-state index in [1.165, 1.54) is 0 Å². The van der Waals surface area contributed by atoms with E-state index in [4.69, 9.17) is 0 Å².